The first kappa shape index (κ1) is 18.1. The smallest absolute Gasteiger partial charge is 0.335 e. The van der Waals surface area contributed by atoms with Crippen LogP contribution in [0.3, 0.4) is 0 Å². The maximum absolute atomic E-state index is 12.8. The van der Waals surface area contributed by atoms with Gasteiger partial charge in [0.25, 0.3) is 11.6 Å². The van der Waals surface area contributed by atoms with Gasteiger partial charge in [0, 0.05) is 6.07 Å². The SMILES string of the molecule is Cc1ccc(C(=O)O)cc1N1C(=O)CC(Nc2ccccc2[N+](=O)[O-])C1=O. The topological polar surface area (TPSA) is 130 Å². The van der Waals surface area contributed by atoms with Crippen LogP contribution in [-0.2, 0) is 9.59 Å². The molecule has 0 bridgehead atoms. The number of amides is 2. The molecule has 0 spiro atoms. The second-order valence-electron chi connectivity index (χ2n) is 6.05. The number of para-hydroxylation sites is 2. The van der Waals surface area contributed by atoms with Gasteiger partial charge < -0.3 is 10.4 Å². The minimum Gasteiger partial charge on any atom is -0.478 e. The summed E-state index contributed by atoms with van der Waals surface area (Å²) in [5.74, 6) is -2.28. The van der Waals surface area contributed by atoms with Crippen molar-refractivity contribution in [2.45, 2.75) is 19.4 Å². The lowest BCUT2D eigenvalue weighted by Gasteiger charge is -2.18. The molecule has 2 N–H and O–H groups in total. The number of aryl methyl sites for hydroxylation is 1. The average Bonchev–Trinajstić information content (AvgIpc) is 2.89. The standard InChI is InChI=1S/C18H15N3O6/c1-10-6-7-11(18(24)25)8-15(10)20-16(22)9-13(17(20)23)19-12-4-2-3-5-14(12)21(26)27/h2-8,13,19H,9H2,1H3,(H,24,25). The second kappa shape index (κ2) is 6.87. The van der Waals surface area contributed by atoms with Gasteiger partial charge in [-0.2, -0.15) is 0 Å². The molecule has 0 radical (unpaired) electrons. The minimum absolute atomic E-state index is 0.0497. The molecule has 2 aromatic carbocycles. The molecule has 3 rings (SSSR count). The van der Waals surface area contributed by atoms with Crippen LogP contribution >= 0.6 is 0 Å². The van der Waals surface area contributed by atoms with E-state index >= 15 is 0 Å². The Morgan fingerprint density at radius 3 is 2.63 bits per heavy atom. The summed E-state index contributed by atoms with van der Waals surface area (Å²) in [4.78, 5) is 47.8. The number of rotatable bonds is 5. The quantitative estimate of drug-likeness (QED) is 0.470. The number of hydrogen-bond donors (Lipinski definition) is 2. The summed E-state index contributed by atoms with van der Waals surface area (Å²) in [6.45, 7) is 1.66. The summed E-state index contributed by atoms with van der Waals surface area (Å²) >= 11 is 0. The van der Waals surface area contributed by atoms with Gasteiger partial charge in [0.05, 0.1) is 22.6 Å². The molecule has 2 amide bonds. The molecule has 138 valence electrons. The van der Waals surface area contributed by atoms with Crippen LogP contribution in [0.1, 0.15) is 22.3 Å². The number of carboxylic acid groups (broad SMARTS) is 1. The summed E-state index contributed by atoms with van der Waals surface area (Å²) in [7, 11) is 0. The van der Waals surface area contributed by atoms with Crippen molar-refractivity contribution < 1.29 is 24.4 Å². The molecule has 9 nitrogen and oxygen atoms in total. The fraction of sp³-hybridized carbons (Fsp3) is 0.167. The third-order valence-corrected chi connectivity index (χ3v) is 4.27. The fourth-order valence-electron chi connectivity index (χ4n) is 2.92. The molecule has 0 aliphatic carbocycles. The number of anilines is 2. The van der Waals surface area contributed by atoms with E-state index in [2.05, 4.69) is 5.32 Å². The van der Waals surface area contributed by atoms with Gasteiger partial charge in [-0.1, -0.05) is 18.2 Å². The van der Waals surface area contributed by atoms with E-state index in [9.17, 15) is 24.5 Å². The van der Waals surface area contributed by atoms with Crippen molar-refractivity contribution in [1.29, 1.82) is 0 Å². The molecule has 2 aromatic rings. The molecule has 27 heavy (non-hydrogen) atoms. The number of benzene rings is 2. The van der Waals surface area contributed by atoms with E-state index < -0.39 is 28.7 Å². The monoisotopic (exact) mass is 369 g/mol. The van der Waals surface area contributed by atoms with Crippen molar-refractivity contribution in [1.82, 2.24) is 0 Å². The van der Waals surface area contributed by atoms with Gasteiger partial charge in [-0.25, -0.2) is 9.69 Å². The normalized spacial score (nSPS) is 16.5. The molecule has 0 saturated carbocycles. The highest BCUT2D eigenvalue weighted by atomic mass is 16.6. The van der Waals surface area contributed by atoms with Crippen molar-refractivity contribution >= 4 is 34.8 Å². The number of aromatic carboxylic acids is 1. The lowest BCUT2D eigenvalue weighted by molar-refractivity contribution is -0.384. The molecule has 1 unspecified atom stereocenters. The Labute approximate surface area is 153 Å². The first-order valence-electron chi connectivity index (χ1n) is 8.00. The van der Waals surface area contributed by atoms with Crippen LogP contribution in [0, 0.1) is 17.0 Å². The number of carboxylic acids is 1. The average molecular weight is 369 g/mol. The van der Waals surface area contributed by atoms with Crippen molar-refractivity contribution in [3.8, 4) is 0 Å². The van der Waals surface area contributed by atoms with Crippen LogP contribution in [0.5, 0.6) is 0 Å². The van der Waals surface area contributed by atoms with Crippen molar-refractivity contribution in [3.05, 3.63) is 63.7 Å². The summed E-state index contributed by atoms with van der Waals surface area (Å²) in [5, 5.41) is 23.0. The lowest BCUT2D eigenvalue weighted by atomic mass is 10.1. The van der Waals surface area contributed by atoms with E-state index in [1.807, 2.05) is 0 Å². The minimum atomic E-state index is -1.18. The molecule has 1 saturated heterocycles. The first-order valence-corrected chi connectivity index (χ1v) is 8.00. The predicted molar refractivity (Wildman–Crippen MR) is 95.8 cm³/mol. The van der Waals surface area contributed by atoms with E-state index in [1.54, 1.807) is 13.0 Å². The number of hydrogen-bond acceptors (Lipinski definition) is 6. The molecule has 1 atom stereocenters. The molecule has 1 fully saturated rings. The molecule has 9 heteroatoms. The predicted octanol–water partition coefficient (Wildman–Crippen LogP) is 2.35. The Bertz CT molecular complexity index is 971. The lowest BCUT2D eigenvalue weighted by Crippen LogP contribution is -2.35. The Morgan fingerprint density at radius 2 is 1.96 bits per heavy atom. The van der Waals surface area contributed by atoms with Crippen LogP contribution in [0.4, 0.5) is 17.1 Å². The molecule has 1 aliphatic heterocycles. The van der Waals surface area contributed by atoms with E-state index in [0.29, 0.717) is 5.56 Å². The van der Waals surface area contributed by atoms with Crippen molar-refractivity contribution in [3.63, 3.8) is 0 Å². The largest absolute Gasteiger partial charge is 0.478 e. The van der Waals surface area contributed by atoms with Crippen LogP contribution < -0.4 is 10.2 Å². The highest BCUT2D eigenvalue weighted by Crippen LogP contribution is 2.31. The van der Waals surface area contributed by atoms with Crippen LogP contribution in [0.2, 0.25) is 0 Å². The Hall–Kier alpha value is -3.75. The van der Waals surface area contributed by atoms with Gasteiger partial charge in [-0.3, -0.25) is 19.7 Å². The van der Waals surface area contributed by atoms with E-state index in [0.717, 1.165) is 4.90 Å². The van der Waals surface area contributed by atoms with Crippen LogP contribution in [0.25, 0.3) is 0 Å². The first-order chi connectivity index (χ1) is 12.8. The molecule has 1 aliphatic rings. The van der Waals surface area contributed by atoms with Gasteiger partial charge in [-0.15, -0.1) is 0 Å². The number of nitrogens with one attached hydrogen (secondary N) is 1. The maximum Gasteiger partial charge on any atom is 0.335 e. The number of imide groups is 1. The van der Waals surface area contributed by atoms with Gasteiger partial charge >= 0.3 is 5.97 Å². The van der Waals surface area contributed by atoms with E-state index in [1.165, 1.54) is 36.4 Å². The molecule has 1 heterocycles. The summed E-state index contributed by atoms with van der Waals surface area (Å²) in [6.07, 6.45) is -0.193. The van der Waals surface area contributed by atoms with Crippen molar-refractivity contribution in [2.24, 2.45) is 0 Å². The van der Waals surface area contributed by atoms with Gasteiger partial charge in [-0.05, 0) is 30.7 Å². The number of carbonyl (C=O) groups excluding carboxylic acids is 2. The summed E-state index contributed by atoms with van der Waals surface area (Å²) < 4.78 is 0. The summed E-state index contributed by atoms with van der Waals surface area (Å²) in [5.41, 5.74) is 0.628. The zero-order valence-electron chi connectivity index (χ0n) is 14.2. The van der Waals surface area contributed by atoms with Crippen LogP contribution in [-0.4, -0.2) is 33.9 Å². The van der Waals surface area contributed by atoms with Crippen LogP contribution in [0.15, 0.2) is 42.5 Å². The number of nitrogens with zero attached hydrogens (tertiary/aromatic N) is 2. The highest BCUT2D eigenvalue weighted by molar-refractivity contribution is 6.23. The Kier molecular flexibility index (Phi) is 4.59. The molecule has 0 aromatic heterocycles. The van der Waals surface area contributed by atoms with E-state index in [4.69, 9.17) is 5.11 Å². The maximum atomic E-state index is 12.8. The zero-order valence-corrected chi connectivity index (χ0v) is 14.2. The van der Waals surface area contributed by atoms with Gasteiger partial charge in [0.1, 0.15) is 11.7 Å². The number of carbonyl (C=O) groups is 3. The fourth-order valence-corrected chi connectivity index (χ4v) is 2.92. The number of nitro groups is 1. The zero-order chi connectivity index (χ0) is 19.7. The van der Waals surface area contributed by atoms with E-state index in [-0.39, 0.29) is 29.0 Å². The highest BCUT2D eigenvalue weighted by Gasteiger charge is 2.41. The Morgan fingerprint density at radius 1 is 1.26 bits per heavy atom. The number of nitro benzene ring substituents is 1. The second-order valence-corrected chi connectivity index (χ2v) is 6.05. The van der Waals surface area contributed by atoms with Gasteiger partial charge in [0.15, 0.2) is 0 Å². The molecular formula is C18H15N3O6. The van der Waals surface area contributed by atoms with Crippen molar-refractivity contribution in [2.75, 3.05) is 10.2 Å². The third kappa shape index (κ3) is 3.34. The Balaban J connectivity index is 1.92. The van der Waals surface area contributed by atoms with Gasteiger partial charge in [0.2, 0.25) is 5.91 Å². The third-order valence-electron chi connectivity index (χ3n) is 4.27. The summed E-state index contributed by atoms with van der Waals surface area (Å²) in [6, 6.07) is 9.01. The molecular weight excluding hydrogens is 354 g/mol.